The Morgan fingerprint density at radius 1 is 1.62 bits per heavy atom. The Balaban J connectivity index is 3.26. The van der Waals surface area contributed by atoms with Gasteiger partial charge in [0.25, 0.3) is 0 Å². The average Bonchev–Trinajstić information content (AvgIpc) is 2.26. The first kappa shape index (κ1) is 12.8. The summed E-state index contributed by atoms with van der Waals surface area (Å²) in [5, 5.41) is 9.04. The van der Waals surface area contributed by atoms with Crippen LogP contribution in [0.4, 0.5) is 0 Å². The minimum atomic E-state index is -1.05. The lowest BCUT2D eigenvalue weighted by Crippen LogP contribution is -2.05. The molecule has 5 heteroatoms. The van der Waals surface area contributed by atoms with E-state index in [1.54, 1.807) is 12.1 Å². The molecule has 0 aliphatic carbocycles. The minimum absolute atomic E-state index is 0.0885. The van der Waals surface area contributed by atoms with E-state index in [-0.39, 0.29) is 17.9 Å². The fraction of sp³-hybridized carbons (Fsp3) is 0.182. The van der Waals surface area contributed by atoms with Crippen molar-refractivity contribution >= 4 is 28.6 Å². The molecule has 0 fully saturated rings. The monoisotopic (exact) mass is 334 g/mol. The van der Waals surface area contributed by atoms with Crippen LogP contribution in [0.2, 0.25) is 0 Å². The lowest BCUT2D eigenvalue weighted by atomic mass is 10.2. The number of carbonyl (C=O) groups is 1. The second-order valence-corrected chi connectivity index (χ2v) is 4.14. The van der Waals surface area contributed by atoms with Crippen molar-refractivity contribution in [2.45, 2.75) is 0 Å². The van der Waals surface area contributed by atoms with Crippen LogP contribution in [-0.4, -0.2) is 24.8 Å². The molecule has 16 heavy (non-hydrogen) atoms. The summed E-state index contributed by atoms with van der Waals surface area (Å²) >= 11 is 2.02. The predicted octanol–water partition coefficient (Wildman–Crippen LogP) is 2.56. The molecule has 1 aromatic carbocycles. The number of carboxylic acids is 1. The van der Waals surface area contributed by atoms with Crippen molar-refractivity contribution in [2.75, 3.05) is 13.7 Å². The van der Waals surface area contributed by atoms with Gasteiger partial charge in [0, 0.05) is 3.57 Å². The van der Waals surface area contributed by atoms with E-state index in [0.717, 1.165) is 3.57 Å². The second-order valence-electron chi connectivity index (χ2n) is 2.89. The zero-order valence-corrected chi connectivity index (χ0v) is 10.9. The quantitative estimate of drug-likeness (QED) is 0.664. The standard InChI is InChI=1S/C11H11IO4/c1-3-4-16-10-8(11(13)14)5-7(12)6-9(10)15-2/h3,5-6H,1,4H2,2H3,(H,13,14). The molecular formula is C11H11IO4. The van der Waals surface area contributed by atoms with Crippen molar-refractivity contribution in [3.8, 4) is 11.5 Å². The van der Waals surface area contributed by atoms with Crippen LogP contribution in [0.25, 0.3) is 0 Å². The predicted molar refractivity (Wildman–Crippen MR) is 68.4 cm³/mol. The molecule has 0 heterocycles. The van der Waals surface area contributed by atoms with Gasteiger partial charge in [-0.1, -0.05) is 12.7 Å². The molecule has 0 bridgehead atoms. The first-order chi connectivity index (χ1) is 7.60. The molecule has 0 saturated heterocycles. The van der Waals surface area contributed by atoms with Gasteiger partial charge in [-0.05, 0) is 34.7 Å². The van der Waals surface area contributed by atoms with Crippen LogP contribution in [0.1, 0.15) is 10.4 Å². The van der Waals surface area contributed by atoms with E-state index >= 15 is 0 Å². The third-order valence-electron chi connectivity index (χ3n) is 1.82. The minimum Gasteiger partial charge on any atom is -0.493 e. The van der Waals surface area contributed by atoms with Gasteiger partial charge in [0.15, 0.2) is 11.5 Å². The smallest absolute Gasteiger partial charge is 0.339 e. The molecule has 0 aromatic heterocycles. The number of aromatic carboxylic acids is 1. The molecule has 0 atom stereocenters. The van der Waals surface area contributed by atoms with E-state index in [4.69, 9.17) is 14.6 Å². The lowest BCUT2D eigenvalue weighted by Gasteiger charge is -2.12. The summed E-state index contributed by atoms with van der Waals surface area (Å²) in [6, 6.07) is 3.25. The summed E-state index contributed by atoms with van der Waals surface area (Å²) in [7, 11) is 1.47. The second kappa shape index (κ2) is 5.74. The van der Waals surface area contributed by atoms with Gasteiger partial charge < -0.3 is 14.6 Å². The summed E-state index contributed by atoms with van der Waals surface area (Å²) in [4.78, 5) is 11.0. The summed E-state index contributed by atoms with van der Waals surface area (Å²) in [6.45, 7) is 3.74. The Morgan fingerprint density at radius 2 is 2.31 bits per heavy atom. The highest BCUT2D eigenvalue weighted by atomic mass is 127. The van der Waals surface area contributed by atoms with Gasteiger partial charge in [-0.25, -0.2) is 4.79 Å². The number of carboxylic acid groups (broad SMARTS) is 1. The van der Waals surface area contributed by atoms with Crippen LogP contribution in [0.15, 0.2) is 24.8 Å². The summed E-state index contributed by atoms with van der Waals surface area (Å²) < 4.78 is 11.2. The van der Waals surface area contributed by atoms with E-state index in [1.165, 1.54) is 13.2 Å². The maximum Gasteiger partial charge on any atom is 0.339 e. The van der Waals surface area contributed by atoms with Crippen molar-refractivity contribution in [1.29, 1.82) is 0 Å². The molecule has 86 valence electrons. The van der Waals surface area contributed by atoms with E-state index in [0.29, 0.717) is 5.75 Å². The Bertz CT molecular complexity index is 415. The molecule has 1 N–H and O–H groups in total. The average molecular weight is 334 g/mol. The van der Waals surface area contributed by atoms with Gasteiger partial charge in [-0.2, -0.15) is 0 Å². The Morgan fingerprint density at radius 3 is 2.81 bits per heavy atom. The van der Waals surface area contributed by atoms with Gasteiger partial charge in [-0.15, -0.1) is 0 Å². The number of methoxy groups -OCH3 is 1. The lowest BCUT2D eigenvalue weighted by molar-refractivity contribution is 0.0692. The summed E-state index contributed by atoms with van der Waals surface area (Å²) in [6.07, 6.45) is 1.54. The molecule has 0 unspecified atom stereocenters. The van der Waals surface area contributed by atoms with E-state index in [2.05, 4.69) is 6.58 Å². The van der Waals surface area contributed by atoms with E-state index in [9.17, 15) is 4.79 Å². The molecule has 0 aliphatic heterocycles. The van der Waals surface area contributed by atoms with Crippen LogP contribution in [-0.2, 0) is 0 Å². The number of benzene rings is 1. The maximum absolute atomic E-state index is 11.0. The van der Waals surface area contributed by atoms with Gasteiger partial charge in [0.2, 0.25) is 0 Å². The summed E-state index contributed by atoms with van der Waals surface area (Å²) in [5.41, 5.74) is 0.0885. The third kappa shape index (κ3) is 2.88. The van der Waals surface area contributed by atoms with Gasteiger partial charge >= 0.3 is 5.97 Å². The first-order valence-electron chi connectivity index (χ1n) is 4.44. The first-order valence-corrected chi connectivity index (χ1v) is 5.52. The molecule has 0 aliphatic rings. The number of rotatable bonds is 5. The number of hydrogen-bond donors (Lipinski definition) is 1. The van der Waals surface area contributed by atoms with Gasteiger partial charge in [0.1, 0.15) is 12.2 Å². The summed E-state index contributed by atoms with van der Waals surface area (Å²) in [5.74, 6) is -0.405. The van der Waals surface area contributed by atoms with Crippen LogP contribution in [0, 0.1) is 3.57 Å². The topological polar surface area (TPSA) is 55.8 Å². The molecule has 1 rings (SSSR count). The van der Waals surface area contributed by atoms with Gasteiger partial charge in [-0.3, -0.25) is 0 Å². The van der Waals surface area contributed by atoms with Crippen molar-refractivity contribution < 1.29 is 19.4 Å². The van der Waals surface area contributed by atoms with Crippen LogP contribution >= 0.6 is 22.6 Å². The van der Waals surface area contributed by atoms with Crippen molar-refractivity contribution in [1.82, 2.24) is 0 Å². The zero-order chi connectivity index (χ0) is 12.1. The highest BCUT2D eigenvalue weighted by Gasteiger charge is 2.17. The SMILES string of the molecule is C=CCOc1c(OC)cc(I)cc1C(=O)O. The molecule has 1 aromatic rings. The number of halogens is 1. The fourth-order valence-electron chi connectivity index (χ4n) is 1.17. The van der Waals surface area contributed by atoms with E-state index in [1.807, 2.05) is 22.6 Å². The molecule has 0 amide bonds. The van der Waals surface area contributed by atoms with Crippen LogP contribution < -0.4 is 9.47 Å². The molecule has 0 saturated carbocycles. The van der Waals surface area contributed by atoms with Crippen molar-refractivity contribution in [2.24, 2.45) is 0 Å². The van der Waals surface area contributed by atoms with Crippen molar-refractivity contribution in [3.63, 3.8) is 0 Å². The molecule has 4 nitrogen and oxygen atoms in total. The highest BCUT2D eigenvalue weighted by Crippen LogP contribution is 2.33. The largest absolute Gasteiger partial charge is 0.493 e. The number of ether oxygens (including phenoxy) is 2. The van der Waals surface area contributed by atoms with Crippen LogP contribution in [0.5, 0.6) is 11.5 Å². The zero-order valence-electron chi connectivity index (χ0n) is 8.70. The van der Waals surface area contributed by atoms with Crippen molar-refractivity contribution in [3.05, 3.63) is 33.9 Å². The maximum atomic E-state index is 11.0. The fourth-order valence-corrected chi connectivity index (χ4v) is 1.76. The molecule has 0 radical (unpaired) electrons. The van der Waals surface area contributed by atoms with Crippen LogP contribution in [0.3, 0.4) is 0 Å². The normalized spacial score (nSPS) is 9.62. The molecular weight excluding hydrogens is 323 g/mol. The molecule has 0 spiro atoms. The van der Waals surface area contributed by atoms with E-state index < -0.39 is 5.97 Å². The van der Waals surface area contributed by atoms with Gasteiger partial charge in [0.05, 0.1) is 7.11 Å². The Labute approximate surface area is 107 Å². The highest BCUT2D eigenvalue weighted by molar-refractivity contribution is 14.1. The number of hydrogen-bond acceptors (Lipinski definition) is 3. The Hall–Kier alpha value is -1.24. The Kier molecular flexibility index (Phi) is 4.60. The third-order valence-corrected chi connectivity index (χ3v) is 2.44.